The Hall–Kier alpha value is -1.65. The number of hydrogen-bond donors (Lipinski definition) is 0. The first-order chi connectivity index (χ1) is 21.2. The van der Waals surface area contributed by atoms with Crippen molar-refractivity contribution in [3.05, 3.63) is 70.9 Å². The van der Waals surface area contributed by atoms with Gasteiger partial charge in [0.05, 0.1) is 19.8 Å². The lowest BCUT2D eigenvalue weighted by atomic mass is 9.97. The third-order valence-electron chi connectivity index (χ3n) is 11.1. The van der Waals surface area contributed by atoms with Crippen LogP contribution in [0.25, 0.3) is 0 Å². The average molecular weight is 699 g/mol. The predicted molar refractivity (Wildman–Crippen MR) is 213 cm³/mol. The van der Waals surface area contributed by atoms with E-state index in [0.717, 1.165) is 53.9 Å². The summed E-state index contributed by atoms with van der Waals surface area (Å²) < 4.78 is 27.6. The van der Waals surface area contributed by atoms with Crippen molar-refractivity contribution in [1.29, 1.82) is 0 Å². The second kappa shape index (κ2) is 15.5. The molecule has 0 fully saturated rings. The van der Waals surface area contributed by atoms with Gasteiger partial charge in [-0.25, -0.2) is 0 Å². The lowest BCUT2D eigenvalue weighted by Gasteiger charge is -2.41. The Morgan fingerprint density at radius 2 is 1.38 bits per heavy atom. The zero-order valence-corrected chi connectivity index (χ0v) is 36.4. The SMILES string of the molecule is C=C1/C=C/C/C(CO[Si](C)(C)C(C)(C)C)=C/[C@H](O[Si](C)(C)C(C)(C)C)c2cc(OC)c(cc2O[Si](C)(C)C(C)(C)C)C/C(C)=C\CC1. The van der Waals surface area contributed by atoms with E-state index in [9.17, 15) is 0 Å². The second-order valence-electron chi connectivity index (χ2n) is 18.3. The third kappa shape index (κ3) is 11.4. The lowest BCUT2D eigenvalue weighted by Crippen LogP contribution is -2.44. The van der Waals surface area contributed by atoms with Gasteiger partial charge in [0.15, 0.2) is 16.6 Å². The molecule has 0 spiro atoms. The van der Waals surface area contributed by atoms with Gasteiger partial charge >= 0.3 is 0 Å². The Bertz CT molecular complexity index is 1330. The molecule has 0 aromatic heterocycles. The summed E-state index contributed by atoms with van der Waals surface area (Å²) in [5, 5.41) is 0.183. The van der Waals surface area contributed by atoms with Crippen LogP contribution in [-0.4, -0.2) is 38.7 Å². The Labute approximate surface area is 293 Å². The summed E-state index contributed by atoms with van der Waals surface area (Å²) in [4.78, 5) is 0. The number of benzene rings is 1. The summed E-state index contributed by atoms with van der Waals surface area (Å²) in [7, 11) is -4.67. The van der Waals surface area contributed by atoms with Crippen LogP contribution >= 0.6 is 0 Å². The Morgan fingerprint density at radius 1 is 0.809 bits per heavy atom. The van der Waals surface area contributed by atoms with E-state index < -0.39 is 25.0 Å². The summed E-state index contributed by atoms with van der Waals surface area (Å²) in [6.45, 7) is 41.8. The molecule has 0 radical (unpaired) electrons. The van der Waals surface area contributed by atoms with Crippen LogP contribution in [0, 0.1) is 0 Å². The maximum atomic E-state index is 7.38. The van der Waals surface area contributed by atoms with E-state index in [2.05, 4.69) is 152 Å². The van der Waals surface area contributed by atoms with Gasteiger partial charge in [0.1, 0.15) is 11.5 Å². The van der Waals surface area contributed by atoms with Gasteiger partial charge in [-0.1, -0.05) is 104 Å². The zero-order chi connectivity index (χ0) is 36.2. The summed E-state index contributed by atoms with van der Waals surface area (Å²) in [5.74, 6) is 1.80. The summed E-state index contributed by atoms with van der Waals surface area (Å²) in [6.07, 6.45) is 12.3. The molecule has 4 nitrogen and oxygen atoms in total. The predicted octanol–water partition coefficient (Wildman–Crippen LogP) is 12.9. The first kappa shape index (κ1) is 41.5. The fraction of sp³-hybridized carbons (Fsp3) is 0.650. The quantitative estimate of drug-likeness (QED) is 0.200. The van der Waals surface area contributed by atoms with E-state index in [1.54, 1.807) is 7.11 Å². The van der Waals surface area contributed by atoms with E-state index in [-0.39, 0.29) is 21.2 Å². The number of methoxy groups -OCH3 is 1. The molecule has 0 heterocycles. The van der Waals surface area contributed by atoms with Gasteiger partial charge in [0.2, 0.25) is 8.32 Å². The highest BCUT2D eigenvalue weighted by Gasteiger charge is 2.43. The molecule has 0 saturated heterocycles. The van der Waals surface area contributed by atoms with Crippen molar-refractivity contribution < 1.29 is 18.0 Å². The van der Waals surface area contributed by atoms with Crippen LogP contribution < -0.4 is 9.16 Å². The Kier molecular flexibility index (Phi) is 13.7. The maximum absolute atomic E-state index is 7.38. The smallest absolute Gasteiger partial charge is 0.250 e. The molecule has 0 amide bonds. The van der Waals surface area contributed by atoms with Gasteiger partial charge in [0, 0.05) is 11.1 Å². The van der Waals surface area contributed by atoms with Crippen LogP contribution in [0.2, 0.25) is 54.4 Å². The van der Waals surface area contributed by atoms with Crippen LogP contribution in [0.5, 0.6) is 11.5 Å². The molecule has 2 aliphatic rings. The second-order valence-corrected chi connectivity index (χ2v) is 32.6. The van der Waals surface area contributed by atoms with E-state index >= 15 is 0 Å². The van der Waals surface area contributed by atoms with Crippen molar-refractivity contribution >= 4 is 25.0 Å². The Balaban J connectivity index is 2.98. The molecule has 1 aromatic carbocycles. The summed E-state index contributed by atoms with van der Waals surface area (Å²) in [6, 6.07) is 4.45. The minimum Gasteiger partial charge on any atom is -0.543 e. The monoisotopic (exact) mass is 698 g/mol. The summed E-state index contributed by atoms with van der Waals surface area (Å²) >= 11 is 0. The number of hydrogen-bond acceptors (Lipinski definition) is 4. The maximum Gasteiger partial charge on any atom is 0.250 e. The van der Waals surface area contributed by atoms with Crippen molar-refractivity contribution in [2.24, 2.45) is 0 Å². The highest BCUT2D eigenvalue weighted by molar-refractivity contribution is 6.75. The molecule has 1 atom stereocenters. The van der Waals surface area contributed by atoms with Crippen LogP contribution in [0.4, 0.5) is 0 Å². The molecular formula is C40H70O4Si3. The third-order valence-corrected chi connectivity index (χ3v) is 24.4. The van der Waals surface area contributed by atoms with E-state index in [0.29, 0.717) is 6.61 Å². The molecular weight excluding hydrogens is 629 g/mol. The molecule has 0 saturated carbocycles. The standard InChI is InChI=1S/C40H70O4Si3/c1-30-21-19-23-31(2)25-33-27-37(44-47(17,18)40(9,10)11)34(28-35(33)41-12)36(43-46(15,16)39(6,7)8)26-32(24-20-22-30)29-42-45(13,14)38(3,4)5/h20,22-23,26-28,36H,1,19,21,24-25,29H2,2-18H3/b22-20+,31-23-,32-26-/t36-/m0/s1. The van der Waals surface area contributed by atoms with Crippen molar-refractivity contribution in [1.82, 2.24) is 0 Å². The zero-order valence-electron chi connectivity index (χ0n) is 33.4. The molecule has 2 aliphatic carbocycles. The lowest BCUT2D eigenvalue weighted by molar-refractivity contribution is 0.222. The van der Waals surface area contributed by atoms with Gasteiger partial charge in [-0.05, 0) is 105 Å². The van der Waals surface area contributed by atoms with Crippen LogP contribution in [0.1, 0.15) is 106 Å². The Morgan fingerprint density at radius 3 is 1.91 bits per heavy atom. The minimum absolute atomic E-state index is 0.0257. The van der Waals surface area contributed by atoms with E-state index in [1.165, 1.54) is 11.1 Å². The van der Waals surface area contributed by atoms with E-state index in [1.807, 2.05) is 0 Å². The van der Waals surface area contributed by atoms with Crippen LogP contribution in [0.15, 0.2) is 59.7 Å². The van der Waals surface area contributed by atoms with Gasteiger partial charge in [-0.3, -0.25) is 0 Å². The van der Waals surface area contributed by atoms with Gasteiger partial charge in [-0.2, -0.15) is 0 Å². The highest BCUT2D eigenvalue weighted by atomic mass is 28.4. The average Bonchev–Trinajstić information content (AvgIpc) is 2.88. The van der Waals surface area contributed by atoms with Crippen molar-refractivity contribution in [3.63, 3.8) is 0 Å². The fourth-order valence-corrected chi connectivity index (χ4v) is 7.78. The number of allylic oxidation sites excluding steroid dienone is 5. The molecule has 0 unspecified atom stereocenters. The van der Waals surface area contributed by atoms with Crippen LogP contribution in [0.3, 0.4) is 0 Å². The first-order valence-corrected chi connectivity index (χ1v) is 26.3. The largest absolute Gasteiger partial charge is 0.543 e. The van der Waals surface area contributed by atoms with Crippen LogP contribution in [-0.2, 0) is 15.3 Å². The van der Waals surface area contributed by atoms with Crippen molar-refractivity contribution in [2.45, 2.75) is 155 Å². The number of rotatable bonds is 8. The minimum atomic E-state index is -2.24. The van der Waals surface area contributed by atoms with Crippen molar-refractivity contribution in [3.8, 4) is 11.5 Å². The molecule has 1 aromatic rings. The van der Waals surface area contributed by atoms with Gasteiger partial charge < -0.3 is 18.0 Å². The molecule has 0 aliphatic heterocycles. The number of ether oxygens (including phenoxy) is 1. The molecule has 7 heteroatoms. The molecule has 47 heavy (non-hydrogen) atoms. The molecule has 266 valence electrons. The van der Waals surface area contributed by atoms with Gasteiger partial charge in [-0.15, -0.1) is 0 Å². The fourth-order valence-electron chi connectivity index (χ4n) is 4.58. The molecule has 2 bridgehead atoms. The van der Waals surface area contributed by atoms with E-state index in [4.69, 9.17) is 18.0 Å². The number of fused-ring (bicyclic) bond motifs is 10. The normalized spacial score (nSPS) is 21.1. The first-order valence-electron chi connectivity index (χ1n) is 17.6. The topological polar surface area (TPSA) is 36.9 Å². The highest BCUT2D eigenvalue weighted by Crippen LogP contribution is 2.46. The van der Waals surface area contributed by atoms with Gasteiger partial charge in [0.25, 0.3) is 0 Å². The molecule has 3 rings (SSSR count). The molecule has 0 N–H and O–H groups in total. The summed E-state index contributed by atoms with van der Waals surface area (Å²) in [5.41, 5.74) is 5.85. The van der Waals surface area contributed by atoms with Crippen molar-refractivity contribution in [2.75, 3.05) is 13.7 Å².